The molecule has 1 aromatic heterocycles. The van der Waals surface area contributed by atoms with Crippen LogP contribution in [0.1, 0.15) is 17.0 Å². The average Bonchev–Trinajstić information content (AvgIpc) is 2.40. The van der Waals surface area contributed by atoms with Gasteiger partial charge in [0.1, 0.15) is 0 Å². The molecule has 0 unspecified atom stereocenters. The highest BCUT2D eigenvalue weighted by Crippen LogP contribution is 2.14. The van der Waals surface area contributed by atoms with E-state index in [0.717, 1.165) is 17.0 Å². The molecule has 0 bridgehead atoms. The van der Waals surface area contributed by atoms with Gasteiger partial charge in [-0.05, 0) is 42.9 Å². The third-order valence-corrected chi connectivity index (χ3v) is 2.94. The topological polar surface area (TPSA) is 44.8 Å². The number of aromatic nitrogens is 3. The van der Waals surface area contributed by atoms with Crippen molar-refractivity contribution in [1.82, 2.24) is 15.2 Å². The summed E-state index contributed by atoms with van der Waals surface area (Å²) in [7, 11) is 4.05. The molecular weight excluding hydrogens is 256 g/mol. The fourth-order valence-corrected chi connectivity index (χ4v) is 1.76. The number of hydrogen-bond acceptors (Lipinski definition) is 4. The smallest absolute Gasteiger partial charge is 0.214 e. The van der Waals surface area contributed by atoms with Crippen LogP contribution in [0.15, 0.2) is 24.3 Å². The van der Waals surface area contributed by atoms with Gasteiger partial charge >= 0.3 is 0 Å². The van der Waals surface area contributed by atoms with Crippen molar-refractivity contribution in [3.05, 3.63) is 46.0 Å². The van der Waals surface area contributed by atoms with E-state index in [-0.39, 0.29) is 0 Å². The lowest BCUT2D eigenvalue weighted by Crippen LogP contribution is -2.07. The van der Waals surface area contributed by atoms with Crippen molar-refractivity contribution < 1.29 is 0 Å². The minimum absolute atomic E-state index is 0.396. The first kappa shape index (κ1) is 13.4. The van der Waals surface area contributed by atoms with Crippen LogP contribution in [-0.2, 0) is 0 Å². The van der Waals surface area contributed by atoms with Gasteiger partial charge in [0, 0.05) is 19.8 Å². The fraction of sp³-hybridized carbons (Fsp3) is 0.214. The average molecular weight is 272 g/mol. The van der Waals surface area contributed by atoms with E-state index in [0.29, 0.717) is 4.77 Å². The van der Waals surface area contributed by atoms with E-state index in [2.05, 4.69) is 44.3 Å². The fourth-order valence-electron chi connectivity index (χ4n) is 1.62. The van der Waals surface area contributed by atoms with Crippen LogP contribution in [-0.4, -0.2) is 29.3 Å². The van der Waals surface area contributed by atoms with Gasteiger partial charge in [-0.25, -0.2) is 4.98 Å². The van der Waals surface area contributed by atoms with Crippen molar-refractivity contribution in [2.75, 3.05) is 19.0 Å². The largest absolute Gasteiger partial charge is 0.378 e. The quantitative estimate of drug-likeness (QED) is 0.872. The predicted octanol–water partition coefficient (Wildman–Crippen LogP) is 3.08. The van der Waals surface area contributed by atoms with Crippen molar-refractivity contribution in [1.29, 1.82) is 0 Å². The minimum Gasteiger partial charge on any atom is -0.378 e. The Kier molecular flexibility index (Phi) is 4.06. The summed E-state index contributed by atoms with van der Waals surface area (Å²) in [4.78, 5) is 6.30. The van der Waals surface area contributed by atoms with E-state index in [4.69, 9.17) is 12.2 Å². The maximum Gasteiger partial charge on any atom is 0.214 e. The lowest BCUT2D eigenvalue weighted by atomic mass is 10.1. The van der Waals surface area contributed by atoms with Gasteiger partial charge in [0.2, 0.25) is 4.77 Å². The SMILES string of the molecule is Cc1n[nH]c(=S)nc1C=Cc1ccc(N(C)C)cc1. The minimum atomic E-state index is 0.396. The number of aromatic amines is 1. The molecule has 19 heavy (non-hydrogen) atoms. The van der Waals surface area contributed by atoms with Crippen LogP contribution >= 0.6 is 12.2 Å². The van der Waals surface area contributed by atoms with Crippen LogP contribution in [0.5, 0.6) is 0 Å². The standard InChI is InChI=1S/C14H16N4S/c1-10-13(15-14(19)17-16-10)9-6-11-4-7-12(8-5-11)18(2)3/h4-9H,1-3H3,(H,15,17,19). The van der Waals surface area contributed by atoms with Crippen LogP contribution in [0.3, 0.4) is 0 Å². The molecule has 0 radical (unpaired) electrons. The lowest BCUT2D eigenvalue weighted by molar-refractivity contribution is 0.900. The highest BCUT2D eigenvalue weighted by molar-refractivity contribution is 7.71. The first-order valence-electron chi connectivity index (χ1n) is 5.95. The summed E-state index contributed by atoms with van der Waals surface area (Å²) in [5.74, 6) is 0. The molecule has 0 atom stereocenters. The first-order chi connectivity index (χ1) is 9.06. The number of nitrogens with zero attached hydrogens (tertiary/aromatic N) is 3. The number of H-pyrrole nitrogens is 1. The van der Waals surface area contributed by atoms with E-state index < -0.39 is 0 Å². The number of nitrogens with one attached hydrogen (secondary N) is 1. The molecule has 0 aliphatic rings. The zero-order valence-electron chi connectivity index (χ0n) is 11.2. The molecule has 2 rings (SSSR count). The number of benzene rings is 1. The van der Waals surface area contributed by atoms with Crippen molar-refractivity contribution in [2.45, 2.75) is 6.92 Å². The molecule has 5 heteroatoms. The molecule has 1 heterocycles. The number of rotatable bonds is 3. The molecule has 0 saturated heterocycles. The molecule has 0 spiro atoms. The van der Waals surface area contributed by atoms with Gasteiger partial charge < -0.3 is 4.90 Å². The zero-order chi connectivity index (χ0) is 13.8. The van der Waals surface area contributed by atoms with Crippen molar-refractivity contribution in [3.63, 3.8) is 0 Å². The molecule has 2 aromatic rings. The molecule has 0 amide bonds. The second-order valence-electron chi connectivity index (χ2n) is 4.43. The predicted molar refractivity (Wildman–Crippen MR) is 81.7 cm³/mol. The van der Waals surface area contributed by atoms with E-state index in [1.54, 1.807) is 0 Å². The van der Waals surface area contributed by atoms with Gasteiger partial charge in [-0.2, -0.15) is 5.10 Å². The molecule has 1 N–H and O–H groups in total. The number of anilines is 1. The summed E-state index contributed by atoms with van der Waals surface area (Å²) in [6.07, 6.45) is 3.93. The number of aryl methyl sites for hydroxylation is 1. The van der Waals surface area contributed by atoms with Crippen LogP contribution in [0.2, 0.25) is 0 Å². The van der Waals surface area contributed by atoms with Gasteiger partial charge in [-0.3, -0.25) is 5.10 Å². The Morgan fingerprint density at radius 1 is 1.16 bits per heavy atom. The monoisotopic (exact) mass is 272 g/mol. The van der Waals surface area contributed by atoms with Gasteiger partial charge in [-0.15, -0.1) is 0 Å². The Bertz CT molecular complexity index is 641. The van der Waals surface area contributed by atoms with Gasteiger partial charge in [0.25, 0.3) is 0 Å². The Labute approximate surface area is 117 Å². The van der Waals surface area contributed by atoms with Crippen molar-refractivity contribution >= 4 is 30.1 Å². The molecule has 1 aromatic carbocycles. The third-order valence-electron chi connectivity index (χ3n) is 2.76. The van der Waals surface area contributed by atoms with E-state index in [9.17, 15) is 0 Å². The Balaban J connectivity index is 2.22. The highest BCUT2D eigenvalue weighted by atomic mass is 32.1. The molecule has 98 valence electrons. The summed E-state index contributed by atoms with van der Waals surface area (Å²) >= 11 is 4.97. The zero-order valence-corrected chi connectivity index (χ0v) is 12.0. The molecule has 4 nitrogen and oxygen atoms in total. The van der Waals surface area contributed by atoms with Gasteiger partial charge in [0.05, 0.1) is 11.4 Å². The lowest BCUT2D eigenvalue weighted by Gasteiger charge is -2.11. The molecule has 0 aliphatic carbocycles. The molecule has 0 aliphatic heterocycles. The second kappa shape index (κ2) is 5.75. The van der Waals surface area contributed by atoms with Gasteiger partial charge in [0.15, 0.2) is 0 Å². The van der Waals surface area contributed by atoms with Crippen molar-refractivity contribution in [3.8, 4) is 0 Å². The van der Waals surface area contributed by atoms with Crippen LogP contribution < -0.4 is 4.90 Å². The number of hydrogen-bond donors (Lipinski definition) is 1. The van der Waals surface area contributed by atoms with E-state index >= 15 is 0 Å². The van der Waals surface area contributed by atoms with Crippen LogP contribution in [0.4, 0.5) is 5.69 Å². The summed E-state index contributed by atoms with van der Waals surface area (Å²) in [6, 6.07) is 8.29. The van der Waals surface area contributed by atoms with E-state index in [1.807, 2.05) is 33.2 Å². The third kappa shape index (κ3) is 3.48. The molecule has 0 fully saturated rings. The summed E-state index contributed by atoms with van der Waals surface area (Å²) in [5, 5.41) is 6.75. The second-order valence-corrected chi connectivity index (χ2v) is 4.82. The first-order valence-corrected chi connectivity index (χ1v) is 6.36. The molecule has 0 saturated carbocycles. The van der Waals surface area contributed by atoms with Crippen molar-refractivity contribution in [2.24, 2.45) is 0 Å². The Morgan fingerprint density at radius 3 is 2.47 bits per heavy atom. The normalized spacial score (nSPS) is 10.9. The summed E-state index contributed by atoms with van der Waals surface area (Å²) in [6.45, 7) is 1.90. The van der Waals surface area contributed by atoms with Gasteiger partial charge in [-0.1, -0.05) is 18.2 Å². The maximum absolute atomic E-state index is 4.97. The summed E-state index contributed by atoms with van der Waals surface area (Å²) in [5.41, 5.74) is 3.91. The Hall–Kier alpha value is -2.01. The van der Waals surface area contributed by atoms with Crippen LogP contribution in [0.25, 0.3) is 12.2 Å². The summed E-state index contributed by atoms with van der Waals surface area (Å²) < 4.78 is 0.396. The molecular formula is C14H16N4S. The Morgan fingerprint density at radius 2 is 1.84 bits per heavy atom. The van der Waals surface area contributed by atoms with Crippen LogP contribution in [0, 0.1) is 11.7 Å². The highest BCUT2D eigenvalue weighted by Gasteiger charge is 1.97. The van der Waals surface area contributed by atoms with E-state index in [1.165, 1.54) is 5.69 Å². The maximum atomic E-state index is 4.97.